The molecule has 0 aromatic heterocycles. The van der Waals surface area contributed by atoms with Gasteiger partial charge >= 0.3 is 6.09 Å². The molecule has 2 aliphatic rings. The number of rotatable bonds is 6. The van der Waals surface area contributed by atoms with Crippen LogP contribution in [0.15, 0.2) is 12.1 Å². The largest absolute Gasteiger partial charge is 0.444 e. The number of hydrogen-bond donors (Lipinski definition) is 1. The van der Waals surface area contributed by atoms with Gasteiger partial charge in [-0.15, -0.1) is 0 Å². The third kappa shape index (κ3) is 5.34. The number of likely N-dealkylation sites (tertiary alicyclic amines) is 1. The second-order valence-corrected chi connectivity index (χ2v) is 9.54. The number of carbonyl (C=O) groups is 4. The van der Waals surface area contributed by atoms with Gasteiger partial charge in [-0.3, -0.25) is 9.59 Å². The lowest BCUT2D eigenvalue weighted by molar-refractivity contribution is -0.125. The zero-order valence-corrected chi connectivity index (χ0v) is 19.7. The topological polar surface area (TPSA) is 96.0 Å². The fourth-order valence-corrected chi connectivity index (χ4v) is 4.48. The van der Waals surface area contributed by atoms with E-state index in [1.54, 1.807) is 17.0 Å². The van der Waals surface area contributed by atoms with Crippen LogP contribution >= 0.6 is 0 Å². The van der Waals surface area contributed by atoms with E-state index in [1.807, 2.05) is 20.8 Å². The number of aldehydes is 1. The molecule has 33 heavy (non-hydrogen) atoms. The van der Waals surface area contributed by atoms with Gasteiger partial charge in [0.2, 0.25) is 5.91 Å². The molecule has 1 saturated heterocycles. The van der Waals surface area contributed by atoms with E-state index in [4.69, 9.17) is 4.74 Å². The van der Waals surface area contributed by atoms with Crippen molar-refractivity contribution in [2.24, 2.45) is 0 Å². The van der Waals surface area contributed by atoms with Crippen molar-refractivity contribution in [2.75, 3.05) is 20.1 Å². The van der Waals surface area contributed by atoms with E-state index in [0.29, 0.717) is 37.8 Å². The SMILES string of the molecule is CNC(=O)C(CCC=O)N1Cc2c(ccc(C3CCN(C(=O)OC(C)(C)C)CC3)c2F)C1=O. The molecule has 0 bridgehead atoms. The highest BCUT2D eigenvalue weighted by molar-refractivity contribution is 6.01. The quantitative estimate of drug-likeness (QED) is 0.657. The molecular weight excluding hydrogens is 429 g/mol. The Hall–Kier alpha value is -2.97. The van der Waals surface area contributed by atoms with Gasteiger partial charge in [-0.25, -0.2) is 9.18 Å². The molecule has 1 unspecified atom stereocenters. The van der Waals surface area contributed by atoms with E-state index in [0.717, 1.165) is 0 Å². The predicted octanol–water partition coefficient (Wildman–Crippen LogP) is 2.99. The molecule has 0 aliphatic carbocycles. The summed E-state index contributed by atoms with van der Waals surface area (Å²) in [5, 5.41) is 2.52. The smallest absolute Gasteiger partial charge is 0.410 e. The summed E-state index contributed by atoms with van der Waals surface area (Å²) < 4.78 is 21.0. The van der Waals surface area contributed by atoms with Crippen LogP contribution in [0.5, 0.6) is 0 Å². The summed E-state index contributed by atoms with van der Waals surface area (Å²) >= 11 is 0. The molecule has 2 heterocycles. The summed E-state index contributed by atoms with van der Waals surface area (Å²) in [7, 11) is 1.46. The van der Waals surface area contributed by atoms with Gasteiger partial charge in [-0.1, -0.05) is 6.07 Å². The Morgan fingerprint density at radius 1 is 1.27 bits per heavy atom. The monoisotopic (exact) mass is 461 g/mol. The highest BCUT2D eigenvalue weighted by Crippen LogP contribution is 2.36. The minimum absolute atomic E-state index is 0.0124. The van der Waals surface area contributed by atoms with Crippen molar-refractivity contribution in [3.05, 3.63) is 34.6 Å². The Labute approximate surface area is 193 Å². The van der Waals surface area contributed by atoms with Crippen LogP contribution in [0.2, 0.25) is 0 Å². The Bertz CT molecular complexity index is 935. The van der Waals surface area contributed by atoms with Gasteiger partial charge < -0.3 is 24.6 Å². The van der Waals surface area contributed by atoms with Crippen LogP contribution in [0.1, 0.15) is 73.9 Å². The number of fused-ring (bicyclic) bond motifs is 1. The van der Waals surface area contributed by atoms with E-state index in [2.05, 4.69) is 5.32 Å². The Morgan fingerprint density at radius 3 is 2.52 bits per heavy atom. The summed E-state index contributed by atoms with van der Waals surface area (Å²) in [5.74, 6) is -1.30. The lowest BCUT2D eigenvalue weighted by atomic mass is 9.87. The minimum Gasteiger partial charge on any atom is -0.444 e. The maximum Gasteiger partial charge on any atom is 0.410 e. The van der Waals surface area contributed by atoms with Crippen LogP contribution < -0.4 is 5.32 Å². The van der Waals surface area contributed by atoms with E-state index < -0.39 is 23.4 Å². The number of benzene rings is 1. The Balaban J connectivity index is 1.74. The number of amides is 3. The van der Waals surface area contributed by atoms with Gasteiger partial charge in [0, 0.05) is 37.7 Å². The molecule has 3 amide bonds. The third-order valence-electron chi connectivity index (χ3n) is 6.16. The number of likely N-dealkylation sites (N-methyl/N-ethyl adjacent to an activating group) is 1. The second-order valence-electron chi connectivity index (χ2n) is 9.54. The molecule has 9 heteroatoms. The summed E-state index contributed by atoms with van der Waals surface area (Å²) in [4.78, 5) is 51.3. The molecule has 1 atom stereocenters. The molecule has 1 N–H and O–H groups in total. The molecule has 8 nitrogen and oxygen atoms in total. The zero-order chi connectivity index (χ0) is 24.3. The van der Waals surface area contributed by atoms with E-state index >= 15 is 4.39 Å². The van der Waals surface area contributed by atoms with E-state index in [-0.39, 0.29) is 48.4 Å². The van der Waals surface area contributed by atoms with Crippen LogP contribution in [-0.4, -0.2) is 65.8 Å². The first kappa shape index (κ1) is 24.7. The van der Waals surface area contributed by atoms with Crippen LogP contribution in [0.4, 0.5) is 9.18 Å². The summed E-state index contributed by atoms with van der Waals surface area (Å²) in [6.07, 6.45) is 1.82. The molecule has 1 aromatic rings. The lowest BCUT2D eigenvalue weighted by Gasteiger charge is -2.33. The van der Waals surface area contributed by atoms with Gasteiger partial charge in [0.1, 0.15) is 23.7 Å². The van der Waals surface area contributed by atoms with Crippen LogP contribution in [0.25, 0.3) is 0 Å². The summed E-state index contributed by atoms with van der Waals surface area (Å²) in [6.45, 7) is 6.36. The lowest BCUT2D eigenvalue weighted by Crippen LogP contribution is -2.46. The molecule has 0 spiro atoms. The molecule has 180 valence electrons. The zero-order valence-electron chi connectivity index (χ0n) is 19.7. The van der Waals surface area contributed by atoms with Crippen molar-refractivity contribution in [2.45, 2.75) is 70.6 Å². The molecule has 2 aliphatic heterocycles. The predicted molar refractivity (Wildman–Crippen MR) is 119 cm³/mol. The van der Waals surface area contributed by atoms with Crippen LogP contribution in [0.3, 0.4) is 0 Å². The van der Waals surface area contributed by atoms with Gasteiger partial charge in [-0.2, -0.15) is 0 Å². The molecule has 1 aromatic carbocycles. The maximum atomic E-state index is 15.5. The molecule has 0 saturated carbocycles. The molecule has 1 fully saturated rings. The number of nitrogens with zero attached hydrogens (tertiary/aromatic N) is 2. The van der Waals surface area contributed by atoms with E-state index in [1.165, 1.54) is 11.9 Å². The van der Waals surface area contributed by atoms with Crippen LogP contribution in [0, 0.1) is 5.82 Å². The minimum atomic E-state index is -0.833. The normalized spacial score (nSPS) is 17.5. The number of ether oxygens (including phenoxy) is 1. The molecule has 0 radical (unpaired) electrons. The van der Waals surface area contributed by atoms with Crippen molar-refractivity contribution in [1.82, 2.24) is 15.1 Å². The fourth-order valence-electron chi connectivity index (χ4n) is 4.48. The second kappa shape index (κ2) is 9.89. The first-order chi connectivity index (χ1) is 15.6. The average Bonchev–Trinajstić information content (AvgIpc) is 3.10. The molecular formula is C24H32FN3O5. The van der Waals surface area contributed by atoms with Crippen molar-refractivity contribution in [3.8, 4) is 0 Å². The summed E-state index contributed by atoms with van der Waals surface area (Å²) in [5.41, 5.74) is 0.489. The van der Waals surface area contributed by atoms with E-state index in [9.17, 15) is 19.2 Å². The standard InChI is InChI=1S/C24H32FN3O5/c1-24(2,3)33-23(32)27-11-9-15(10-12-27)16-7-8-17-18(20(16)25)14-28(22(17)31)19(6-5-13-29)21(30)26-4/h7-8,13,15,19H,5-6,9-12,14H2,1-4H3,(H,26,30). The first-order valence-electron chi connectivity index (χ1n) is 11.3. The third-order valence-corrected chi connectivity index (χ3v) is 6.16. The average molecular weight is 462 g/mol. The van der Waals surface area contributed by atoms with Gasteiger partial charge in [-0.05, 0) is 57.6 Å². The van der Waals surface area contributed by atoms with Gasteiger partial charge in [0.15, 0.2) is 0 Å². The Kier molecular flexibility index (Phi) is 7.39. The van der Waals surface area contributed by atoms with Gasteiger partial charge in [0.25, 0.3) is 5.91 Å². The van der Waals surface area contributed by atoms with Crippen LogP contribution in [-0.2, 0) is 20.9 Å². The maximum absolute atomic E-state index is 15.5. The van der Waals surface area contributed by atoms with Crippen molar-refractivity contribution in [3.63, 3.8) is 0 Å². The highest BCUT2D eigenvalue weighted by Gasteiger charge is 2.39. The number of halogens is 1. The number of nitrogens with one attached hydrogen (secondary N) is 1. The Morgan fingerprint density at radius 2 is 1.94 bits per heavy atom. The fraction of sp³-hybridized carbons (Fsp3) is 0.583. The first-order valence-corrected chi connectivity index (χ1v) is 11.3. The van der Waals surface area contributed by atoms with Crippen molar-refractivity contribution < 1.29 is 28.3 Å². The summed E-state index contributed by atoms with van der Waals surface area (Å²) in [6, 6.07) is 2.43. The van der Waals surface area contributed by atoms with Gasteiger partial charge in [0.05, 0.1) is 6.54 Å². The number of carbonyl (C=O) groups excluding carboxylic acids is 4. The van der Waals surface area contributed by atoms with Crippen molar-refractivity contribution in [1.29, 1.82) is 0 Å². The number of hydrogen-bond acceptors (Lipinski definition) is 5. The molecule has 3 rings (SSSR count). The number of piperidine rings is 1. The highest BCUT2D eigenvalue weighted by atomic mass is 19.1. The van der Waals surface area contributed by atoms with Crippen molar-refractivity contribution >= 4 is 24.2 Å².